The van der Waals surface area contributed by atoms with Crippen LogP contribution in [-0.2, 0) is 17.6 Å². The lowest BCUT2D eigenvalue weighted by molar-refractivity contribution is -0.115. The summed E-state index contributed by atoms with van der Waals surface area (Å²) in [6.07, 6.45) is 0.884. The van der Waals surface area contributed by atoms with Gasteiger partial charge in [0.2, 0.25) is 5.91 Å². The van der Waals surface area contributed by atoms with Crippen molar-refractivity contribution in [2.45, 2.75) is 53.5 Å². The van der Waals surface area contributed by atoms with Crippen molar-refractivity contribution in [3.63, 3.8) is 0 Å². The fourth-order valence-electron chi connectivity index (χ4n) is 3.42. The van der Waals surface area contributed by atoms with Gasteiger partial charge in [0.1, 0.15) is 22.8 Å². The standard InChI is InChI=1S/C23H30N6O3/c1-13(2)29-21(24)19(22(25)31)20(27-29)15-8-6-14(7-9-15)10-18(30)26-17-11-16(32-28-17)12-23(3,4)5/h6-9,11,13H,10,12,24H2,1-5H3,(H2,25,31)(H,26,28,30). The molecule has 0 bridgehead atoms. The van der Waals surface area contributed by atoms with Crippen molar-refractivity contribution in [2.75, 3.05) is 11.1 Å². The largest absolute Gasteiger partial charge is 0.383 e. The Hall–Kier alpha value is -3.62. The Morgan fingerprint density at radius 1 is 1.19 bits per heavy atom. The van der Waals surface area contributed by atoms with Crippen molar-refractivity contribution in [3.05, 3.63) is 47.2 Å². The summed E-state index contributed by atoms with van der Waals surface area (Å²) in [6.45, 7) is 10.1. The molecule has 2 aromatic heterocycles. The van der Waals surface area contributed by atoms with E-state index >= 15 is 0 Å². The van der Waals surface area contributed by atoms with E-state index < -0.39 is 5.91 Å². The molecule has 0 fully saturated rings. The van der Waals surface area contributed by atoms with Gasteiger partial charge in [-0.05, 0) is 24.8 Å². The van der Waals surface area contributed by atoms with Crippen molar-refractivity contribution < 1.29 is 14.1 Å². The molecule has 5 N–H and O–H groups in total. The van der Waals surface area contributed by atoms with E-state index in [0.717, 1.165) is 17.7 Å². The highest BCUT2D eigenvalue weighted by Crippen LogP contribution is 2.29. The Labute approximate surface area is 187 Å². The van der Waals surface area contributed by atoms with Crippen LogP contribution in [0.1, 0.15) is 62.3 Å². The van der Waals surface area contributed by atoms with Gasteiger partial charge in [0.05, 0.1) is 6.42 Å². The lowest BCUT2D eigenvalue weighted by Gasteiger charge is -2.14. The molecule has 0 saturated carbocycles. The van der Waals surface area contributed by atoms with Crippen molar-refractivity contribution in [2.24, 2.45) is 11.1 Å². The van der Waals surface area contributed by atoms with E-state index in [1.807, 2.05) is 13.8 Å². The van der Waals surface area contributed by atoms with E-state index in [4.69, 9.17) is 16.0 Å². The van der Waals surface area contributed by atoms with Crippen LogP contribution < -0.4 is 16.8 Å². The van der Waals surface area contributed by atoms with E-state index in [2.05, 4.69) is 36.3 Å². The number of nitrogen functional groups attached to an aromatic ring is 1. The molecule has 0 radical (unpaired) electrons. The summed E-state index contributed by atoms with van der Waals surface area (Å²) in [5.74, 6) is 0.518. The number of amides is 2. The van der Waals surface area contributed by atoms with Crippen LogP contribution in [0.2, 0.25) is 0 Å². The summed E-state index contributed by atoms with van der Waals surface area (Å²) < 4.78 is 6.87. The molecule has 9 heteroatoms. The third-order valence-corrected chi connectivity index (χ3v) is 4.81. The highest BCUT2D eigenvalue weighted by atomic mass is 16.5. The first-order valence-corrected chi connectivity index (χ1v) is 10.5. The number of anilines is 2. The summed E-state index contributed by atoms with van der Waals surface area (Å²) in [5.41, 5.74) is 13.8. The van der Waals surface area contributed by atoms with Gasteiger partial charge in [-0.15, -0.1) is 0 Å². The molecule has 0 aliphatic heterocycles. The number of carbonyl (C=O) groups is 2. The molecule has 0 saturated heterocycles. The van der Waals surface area contributed by atoms with Gasteiger partial charge in [0.25, 0.3) is 5.91 Å². The summed E-state index contributed by atoms with van der Waals surface area (Å²) in [4.78, 5) is 24.3. The molecule has 170 valence electrons. The second-order valence-electron chi connectivity index (χ2n) is 9.35. The summed E-state index contributed by atoms with van der Waals surface area (Å²) in [5, 5.41) is 11.1. The van der Waals surface area contributed by atoms with E-state index in [-0.39, 0.29) is 35.2 Å². The summed E-state index contributed by atoms with van der Waals surface area (Å²) in [6, 6.07) is 8.91. The predicted octanol–water partition coefficient (Wildman–Crippen LogP) is 3.57. The normalized spacial score (nSPS) is 11.7. The molecule has 0 unspecified atom stereocenters. The maximum atomic E-state index is 12.4. The number of aromatic nitrogens is 3. The van der Waals surface area contributed by atoms with Gasteiger partial charge in [0.15, 0.2) is 5.82 Å². The van der Waals surface area contributed by atoms with Crippen LogP contribution in [0, 0.1) is 5.41 Å². The Balaban J connectivity index is 1.71. The monoisotopic (exact) mass is 438 g/mol. The third-order valence-electron chi connectivity index (χ3n) is 4.81. The molecule has 2 amide bonds. The zero-order valence-corrected chi connectivity index (χ0v) is 19.1. The van der Waals surface area contributed by atoms with E-state index in [1.54, 1.807) is 35.0 Å². The number of hydrogen-bond acceptors (Lipinski definition) is 6. The molecule has 3 rings (SSSR count). The molecule has 3 aromatic rings. The maximum Gasteiger partial charge on any atom is 0.254 e. The van der Waals surface area contributed by atoms with Gasteiger partial charge in [-0.1, -0.05) is 50.2 Å². The zero-order valence-electron chi connectivity index (χ0n) is 19.1. The molecule has 9 nitrogen and oxygen atoms in total. The van der Waals surface area contributed by atoms with E-state index in [1.165, 1.54) is 0 Å². The highest BCUT2D eigenvalue weighted by Gasteiger charge is 2.22. The molecule has 32 heavy (non-hydrogen) atoms. The minimum Gasteiger partial charge on any atom is -0.383 e. The Bertz CT molecular complexity index is 1120. The summed E-state index contributed by atoms with van der Waals surface area (Å²) in [7, 11) is 0. The Morgan fingerprint density at radius 3 is 2.41 bits per heavy atom. The first-order chi connectivity index (χ1) is 14.9. The number of carbonyl (C=O) groups excluding carboxylic acids is 2. The molecular formula is C23H30N6O3. The van der Waals surface area contributed by atoms with Crippen LogP contribution in [0.15, 0.2) is 34.9 Å². The number of nitrogens with zero attached hydrogens (tertiary/aromatic N) is 3. The number of nitrogens with two attached hydrogens (primary N) is 2. The maximum absolute atomic E-state index is 12.4. The van der Waals surface area contributed by atoms with Crippen molar-refractivity contribution in [1.82, 2.24) is 14.9 Å². The number of nitrogens with one attached hydrogen (secondary N) is 1. The van der Waals surface area contributed by atoms with Gasteiger partial charge >= 0.3 is 0 Å². The SMILES string of the molecule is CC(C)n1nc(-c2ccc(CC(=O)Nc3cc(CC(C)(C)C)on3)cc2)c(C(N)=O)c1N. The van der Waals surface area contributed by atoms with Crippen molar-refractivity contribution in [3.8, 4) is 11.3 Å². The van der Waals surface area contributed by atoms with Gasteiger partial charge in [-0.25, -0.2) is 4.68 Å². The zero-order chi connectivity index (χ0) is 23.6. The average Bonchev–Trinajstić information content (AvgIpc) is 3.24. The molecule has 0 aliphatic rings. The quantitative estimate of drug-likeness (QED) is 0.515. The highest BCUT2D eigenvalue weighted by molar-refractivity contribution is 6.03. The molecular weight excluding hydrogens is 408 g/mol. The first-order valence-electron chi connectivity index (χ1n) is 10.5. The summed E-state index contributed by atoms with van der Waals surface area (Å²) >= 11 is 0. The number of primary amides is 1. The number of benzene rings is 1. The van der Waals surface area contributed by atoms with Crippen LogP contribution in [0.4, 0.5) is 11.6 Å². The van der Waals surface area contributed by atoms with Crippen LogP contribution in [0.3, 0.4) is 0 Å². The minimum atomic E-state index is -0.633. The lowest BCUT2D eigenvalue weighted by Crippen LogP contribution is -2.15. The van der Waals surface area contributed by atoms with Crippen molar-refractivity contribution >= 4 is 23.5 Å². The van der Waals surface area contributed by atoms with Crippen LogP contribution in [0.5, 0.6) is 0 Å². The predicted molar refractivity (Wildman–Crippen MR) is 123 cm³/mol. The molecule has 0 spiro atoms. The fourth-order valence-corrected chi connectivity index (χ4v) is 3.42. The minimum absolute atomic E-state index is 0.0229. The molecule has 2 heterocycles. The molecule has 0 atom stereocenters. The van der Waals surface area contributed by atoms with Crippen LogP contribution in [-0.4, -0.2) is 26.8 Å². The number of rotatable bonds is 7. The second-order valence-corrected chi connectivity index (χ2v) is 9.35. The van der Waals surface area contributed by atoms with Gasteiger partial charge in [-0.2, -0.15) is 5.10 Å². The lowest BCUT2D eigenvalue weighted by atomic mass is 9.91. The molecule has 1 aromatic carbocycles. The van der Waals surface area contributed by atoms with Crippen LogP contribution >= 0.6 is 0 Å². The van der Waals surface area contributed by atoms with Gasteiger partial charge in [0, 0.05) is 24.1 Å². The smallest absolute Gasteiger partial charge is 0.254 e. The van der Waals surface area contributed by atoms with Gasteiger partial charge in [-0.3, -0.25) is 9.59 Å². The number of hydrogen-bond donors (Lipinski definition) is 3. The molecule has 0 aliphatic carbocycles. The second kappa shape index (κ2) is 8.86. The Morgan fingerprint density at radius 2 is 1.84 bits per heavy atom. The third kappa shape index (κ3) is 5.35. The van der Waals surface area contributed by atoms with E-state index in [9.17, 15) is 9.59 Å². The van der Waals surface area contributed by atoms with Gasteiger partial charge < -0.3 is 21.3 Å². The first kappa shape index (κ1) is 23.1. The van der Waals surface area contributed by atoms with Crippen molar-refractivity contribution in [1.29, 1.82) is 0 Å². The Kier molecular flexibility index (Phi) is 6.38. The van der Waals surface area contributed by atoms with Crippen LogP contribution in [0.25, 0.3) is 11.3 Å². The fraction of sp³-hybridized carbons (Fsp3) is 0.391. The average molecular weight is 439 g/mol. The topological polar surface area (TPSA) is 142 Å². The van der Waals surface area contributed by atoms with E-state index in [0.29, 0.717) is 17.1 Å².